The van der Waals surface area contributed by atoms with Crippen molar-refractivity contribution in [3.8, 4) is 5.75 Å². The van der Waals surface area contributed by atoms with E-state index in [1.165, 1.54) is 0 Å². The second-order valence-electron chi connectivity index (χ2n) is 7.19. The molecule has 1 amide bonds. The third-order valence-corrected chi connectivity index (χ3v) is 4.62. The van der Waals surface area contributed by atoms with Crippen molar-refractivity contribution in [2.45, 2.75) is 33.4 Å². The molecule has 31 heavy (non-hydrogen) atoms. The predicted molar refractivity (Wildman–Crippen MR) is 125 cm³/mol. The smallest absolute Gasteiger partial charge is 0.251 e. The second kappa shape index (κ2) is 13.3. The van der Waals surface area contributed by atoms with Crippen LogP contribution >= 0.6 is 0 Å². The predicted octanol–water partition coefficient (Wildman–Crippen LogP) is 3.03. The fraction of sp³-hybridized carbons (Fsp3) is 0.417. The van der Waals surface area contributed by atoms with E-state index in [2.05, 4.69) is 33.1 Å². The molecule has 2 rings (SSSR count). The van der Waals surface area contributed by atoms with E-state index in [0.29, 0.717) is 44.4 Å². The van der Waals surface area contributed by atoms with Crippen LogP contribution in [-0.4, -0.2) is 45.8 Å². The number of rotatable bonds is 11. The molecule has 0 unspecified atom stereocenters. The van der Waals surface area contributed by atoms with Crippen LogP contribution in [0.5, 0.6) is 5.75 Å². The van der Waals surface area contributed by atoms with Crippen LogP contribution in [0.15, 0.2) is 47.5 Å². The lowest BCUT2D eigenvalue weighted by molar-refractivity contribution is 0.0953. The quantitative estimate of drug-likeness (QED) is 0.292. The molecule has 0 fully saturated rings. The number of aryl methyl sites for hydroxylation is 1. The molecule has 0 saturated heterocycles. The van der Waals surface area contributed by atoms with Crippen LogP contribution in [0.2, 0.25) is 0 Å². The Morgan fingerprint density at radius 3 is 2.58 bits per heavy atom. The highest BCUT2D eigenvalue weighted by molar-refractivity contribution is 5.94. The average molecular weight is 427 g/mol. The molecule has 0 aliphatic rings. The number of hydrogen-bond donors (Lipinski definition) is 3. The highest BCUT2D eigenvalue weighted by atomic mass is 16.5. The standard InChI is InChI=1S/C24H34N4O3/c1-5-11-26-23(29)20-8-6-7-19(15-20)16-27-24(25-3)28-17-21-10-9-18(2)14-22(21)31-13-12-30-4/h6-10,14-15H,5,11-13,16-17H2,1-4H3,(H,26,29)(H2,25,27,28). The maximum absolute atomic E-state index is 12.2. The van der Waals surface area contributed by atoms with E-state index in [9.17, 15) is 4.79 Å². The van der Waals surface area contributed by atoms with Gasteiger partial charge in [-0.15, -0.1) is 0 Å². The van der Waals surface area contributed by atoms with Gasteiger partial charge in [-0.1, -0.05) is 31.2 Å². The van der Waals surface area contributed by atoms with Gasteiger partial charge in [0.25, 0.3) is 5.91 Å². The molecule has 0 aliphatic heterocycles. The Labute approximate surface area is 185 Å². The monoisotopic (exact) mass is 426 g/mol. The number of methoxy groups -OCH3 is 1. The average Bonchev–Trinajstić information content (AvgIpc) is 2.79. The Bertz CT molecular complexity index is 868. The number of hydrogen-bond acceptors (Lipinski definition) is 4. The summed E-state index contributed by atoms with van der Waals surface area (Å²) in [6.07, 6.45) is 0.912. The van der Waals surface area contributed by atoms with E-state index in [0.717, 1.165) is 28.9 Å². The molecule has 2 aromatic rings. The molecule has 0 aromatic heterocycles. The first-order valence-electron chi connectivity index (χ1n) is 10.6. The van der Waals surface area contributed by atoms with Crippen LogP contribution in [0.3, 0.4) is 0 Å². The van der Waals surface area contributed by atoms with E-state index in [1.807, 2.05) is 44.2 Å². The van der Waals surface area contributed by atoms with E-state index < -0.39 is 0 Å². The topological polar surface area (TPSA) is 84.0 Å². The fourth-order valence-corrected chi connectivity index (χ4v) is 2.93. The van der Waals surface area contributed by atoms with Crippen molar-refractivity contribution in [3.63, 3.8) is 0 Å². The van der Waals surface area contributed by atoms with Crippen molar-refractivity contribution in [1.82, 2.24) is 16.0 Å². The summed E-state index contributed by atoms with van der Waals surface area (Å²) >= 11 is 0. The third kappa shape index (κ3) is 8.30. The van der Waals surface area contributed by atoms with Crippen LogP contribution in [0, 0.1) is 6.92 Å². The lowest BCUT2D eigenvalue weighted by atomic mass is 10.1. The summed E-state index contributed by atoms with van der Waals surface area (Å²) in [6, 6.07) is 13.7. The summed E-state index contributed by atoms with van der Waals surface area (Å²) in [4.78, 5) is 16.5. The summed E-state index contributed by atoms with van der Waals surface area (Å²) in [5.74, 6) is 1.46. The number of amides is 1. The van der Waals surface area contributed by atoms with Crippen LogP contribution in [0.25, 0.3) is 0 Å². The summed E-state index contributed by atoms with van der Waals surface area (Å²) in [5, 5.41) is 9.52. The van der Waals surface area contributed by atoms with E-state index in [-0.39, 0.29) is 5.91 Å². The van der Waals surface area contributed by atoms with Gasteiger partial charge in [0.1, 0.15) is 12.4 Å². The fourth-order valence-electron chi connectivity index (χ4n) is 2.93. The summed E-state index contributed by atoms with van der Waals surface area (Å²) in [5.41, 5.74) is 3.85. The van der Waals surface area contributed by atoms with Crippen LogP contribution in [0.1, 0.15) is 40.4 Å². The Morgan fingerprint density at radius 2 is 1.84 bits per heavy atom. The van der Waals surface area contributed by atoms with E-state index in [4.69, 9.17) is 9.47 Å². The van der Waals surface area contributed by atoms with E-state index >= 15 is 0 Å². The third-order valence-electron chi connectivity index (χ3n) is 4.62. The first-order chi connectivity index (χ1) is 15.1. The van der Waals surface area contributed by atoms with Crippen molar-refractivity contribution in [3.05, 3.63) is 64.7 Å². The van der Waals surface area contributed by atoms with Crippen molar-refractivity contribution in [2.75, 3.05) is 33.9 Å². The molecular weight excluding hydrogens is 392 g/mol. The molecular formula is C24H34N4O3. The largest absolute Gasteiger partial charge is 0.491 e. The number of benzene rings is 2. The van der Waals surface area contributed by atoms with Crippen molar-refractivity contribution >= 4 is 11.9 Å². The lowest BCUT2D eigenvalue weighted by Crippen LogP contribution is -2.36. The highest BCUT2D eigenvalue weighted by Crippen LogP contribution is 2.20. The van der Waals surface area contributed by atoms with Gasteiger partial charge in [0.05, 0.1) is 6.61 Å². The molecule has 0 radical (unpaired) electrons. The minimum Gasteiger partial charge on any atom is -0.491 e. The van der Waals surface area contributed by atoms with Crippen LogP contribution in [-0.2, 0) is 17.8 Å². The van der Waals surface area contributed by atoms with Gasteiger partial charge >= 0.3 is 0 Å². The summed E-state index contributed by atoms with van der Waals surface area (Å²) < 4.78 is 10.9. The van der Waals surface area contributed by atoms with Crippen molar-refractivity contribution < 1.29 is 14.3 Å². The van der Waals surface area contributed by atoms with E-state index in [1.54, 1.807) is 14.2 Å². The number of ether oxygens (including phenoxy) is 2. The molecule has 0 atom stereocenters. The first-order valence-corrected chi connectivity index (χ1v) is 10.6. The highest BCUT2D eigenvalue weighted by Gasteiger charge is 2.08. The molecule has 7 nitrogen and oxygen atoms in total. The molecule has 7 heteroatoms. The summed E-state index contributed by atoms with van der Waals surface area (Å²) in [7, 11) is 3.39. The zero-order valence-corrected chi connectivity index (χ0v) is 19.0. The molecule has 0 aliphatic carbocycles. The zero-order valence-electron chi connectivity index (χ0n) is 19.0. The van der Waals surface area contributed by atoms with Crippen molar-refractivity contribution in [2.24, 2.45) is 4.99 Å². The molecule has 3 N–H and O–H groups in total. The Hall–Kier alpha value is -3.06. The van der Waals surface area contributed by atoms with Crippen LogP contribution < -0.4 is 20.7 Å². The lowest BCUT2D eigenvalue weighted by Gasteiger charge is -2.15. The second-order valence-corrected chi connectivity index (χ2v) is 7.19. The minimum absolute atomic E-state index is 0.0495. The molecule has 0 bridgehead atoms. The van der Waals surface area contributed by atoms with Gasteiger partial charge in [0.2, 0.25) is 0 Å². The van der Waals surface area contributed by atoms with Crippen LogP contribution in [0.4, 0.5) is 0 Å². The maximum Gasteiger partial charge on any atom is 0.251 e. The SMILES string of the molecule is CCCNC(=O)c1cccc(CNC(=NC)NCc2ccc(C)cc2OCCOC)c1. The van der Waals surface area contributed by atoms with Gasteiger partial charge in [-0.2, -0.15) is 0 Å². The van der Waals surface area contributed by atoms with Gasteiger partial charge in [0.15, 0.2) is 5.96 Å². The number of guanidine groups is 1. The number of aliphatic imine (C=N–C) groups is 1. The van der Waals surface area contributed by atoms with Gasteiger partial charge in [-0.05, 0) is 42.7 Å². The minimum atomic E-state index is -0.0495. The number of nitrogens with one attached hydrogen (secondary N) is 3. The number of nitrogens with zero attached hydrogens (tertiary/aromatic N) is 1. The van der Waals surface area contributed by atoms with Gasteiger partial charge < -0.3 is 25.4 Å². The summed E-state index contributed by atoms with van der Waals surface area (Å²) in [6.45, 7) is 6.92. The maximum atomic E-state index is 12.2. The Morgan fingerprint density at radius 1 is 1.03 bits per heavy atom. The Kier molecular flexibility index (Phi) is 10.4. The molecule has 168 valence electrons. The van der Waals surface area contributed by atoms with Crippen molar-refractivity contribution in [1.29, 1.82) is 0 Å². The normalized spacial score (nSPS) is 11.2. The number of carbonyl (C=O) groups excluding carboxylic acids is 1. The van der Waals surface area contributed by atoms with Gasteiger partial charge in [0, 0.05) is 44.9 Å². The number of carbonyl (C=O) groups is 1. The molecule has 0 spiro atoms. The van der Waals surface area contributed by atoms with Gasteiger partial charge in [-0.3, -0.25) is 9.79 Å². The van der Waals surface area contributed by atoms with Gasteiger partial charge in [-0.25, -0.2) is 0 Å². The Balaban J connectivity index is 1.93. The zero-order chi connectivity index (χ0) is 22.5. The molecule has 0 saturated carbocycles. The molecule has 0 heterocycles. The first kappa shape index (κ1) is 24.2. The molecule has 2 aromatic carbocycles.